The first-order valence-electron chi connectivity index (χ1n) is 10.1. The van der Waals surface area contributed by atoms with E-state index in [0.717, 1.165) is 30.5 Å². The maximum atomic E-state index is 13.8. The predicted octanol–water partition coefficient (Wildman–Crippen LogP) is 3.28. The van der Waals surface area contributed by atoms with Crippen molar-refractivity contribution in [3.8, 4) is 11.5 Å². The van der Waals surface area contributed by atoms with Crippen molar-refractivity contribution < 1.29 is 18.4 Å². The van der Waals surface area contributed by atoms with Gasteiger partial charge in [-0.3, -0.25) is 9.59 Å². The number of carbonyl (C=O) groups excluding carboxylic acids is 2. The van der Waals surface area contributed by atoms with E-state index in [1.165, 1.54) is 6.07 Å². The van der Waals surface area contributed by atoms with Gasteiger partial charge in [-0.15, -0.1) is 10.2 Å². The summed E-state index contributed by atoms with van der Waals surface area (Å²) in [5.74, 6) is -0.415. The van der Waals surface area contributed by atoms with Crippen LogP contribution in [0.15, 0.2) is 58.2 Å². The van der Waals surface area contributed by atoms with Crippen LogP contribution in [0.5, 0.6) is 0 Å². The molecule has 2 aromatic carbocycles. The van der Waals surface area contributed by atoms with Crippen LogP contribution in [0.25, 0.3) is 11.5 Å². The van der Waals surface area contributed by atoms with Crippen LogP contribution in [-0.2, 0) is 9.59 Å². The van der Waals surface area contributed by atoms with Crippen LogP contribution in [0.3, 0.4) is 0 Å². The van der Waals surface area contributed by atoms with Crippen LogP contribution in [-0.4, -0.2) is 58.8 Å². The van der Waals surface area contributed by atoms with Gasteiger partial charge in [0.1, 0.15) is 5.82 Å². The number of halogens is 1. The van der Waals surface area contributed by atoms with Crippen molar-refractivity contribution in [1.29, 1.82) is 0 Å². The molecular formula is C22H22FN5O3S. The van der Waals surface area contributed by atoms with Gasteiger partial charge in [0.25, 0.3) is 11.1 Å². The molecule has 2 amide bonds. The minimum atomic E-state index is -0.449. The van der Waals surface area contributed by atoms with E-state index in [-0.39, 0.29) is 34.2 Å². The first-order valence-corrected chi connectivity index (χ1v) is 11.1. The van der Waals surface area contributed by atoms with Crippen molar-refractivity contribution >= 4 is 35.0 Å². The van der Waals surface area contributed by atoms with Gasteiger partial charge in [0, 0.05) is 44.5 Å². The normalized spacial score (nSPS) is 13.8. The monoisotopic (exact) mass is 455 g/mol. The van der Waals surface area contributed by atoms with Gasteiger partial charge in [0.2, 0.25) is 11.8 Å². The van der Waals surface area contributed by atoms with E-state index in [1.54, 1.807) is 25.1 Å². The summed E-state index contributed by atoms with van der Waals surface area (Å²) in [4.78, 5) is 27.8. The zero-order valence-corrected chi connectivity index (χ0v) is 18.3. The Bertz CT molecular complexity index is 1100. The molecule has 1 aliphatic rings. The Hall–Kier alpha value is -3.40. The molecule has 10 heteroatoms. The summed E-state index contributed by atoms with van der Waals surface area (Å²) in [5, 5.41) is 10.7. The molecule has 0 saturated carbocycles. The summed E-state index contributed by atoms with van der Waals surface area (Å²) in [6.07, 6.45) is 0. The fraction of sp³-hybridized carbons (Fsp3) is 0.273. The van der Waals surface area contributed by atoms with Crippen LogP contribution in [0.2, 0.25) is 0 Å². The largest absolute Gasteiger partial charge is 0.411 e. The molecule has 0 spiro atoms. The van der Waals surface area contributed by atoms with Crippen molar-refractivity contribution in [1.82, 2.24) is 15.1 Å². The third-order valence-corrected chi connectivity index (χ3v) is 5.90. The fourth-order valence-electron chi connectivity index (χ4n) is 3.37. The first-order chi connectivity index (χ1) is 15.5. The van der Waals surface area contributed by atoms with E-state index in [9.17, 15) is 14.0 Å². The van der Waals surface area contributed by atoms with Crippen molar-refractivity contribution in [2.24, 2.45) is 0 Å². The molecule has 1 fully saturated rings. The minimum Gasteiger partial charge on any atom is -0.411 e. The van der Waals surface area contributed by atoms with Gasteiger partial charge >= 0.3 is 0 Å². The molecule has 4 rings (SSSR count). The molecule has 1 aliphatic heterocycles. The van der Waals surface area contributed by atoms with E-state index in [0.29, 0.717) is 18.8 Å². The molecule has 8 nitrogen and oxygen atoms in total. The van der Waals surface area contributed by atoms with Crippen molar-refractivity contribution in [3.63, 3.8) is 0 Å². The van der Waals surface area contributed by atoms with Gasteiger partial charge in [-0.2, -0.15) is 0 Å². The highest BCUT2D eigenvalue weighted by atomic mass is 32.2. The molecule has 166 valence electrons. The Morgan fingerprint density at radius 3 is 2.47 bits per heavy atom. The number of anilines is 2. The number of carbonyl (C=O) groups is 2. The highest BCUT2D eigenvalue weighted by Gasteiger charge is 2.19. The summed E-state index contributed by atoms with van der Waals surface area (Å²) < 4.78 is 19.3. The highest BCUT2D eigenvalue weighted by molar-refractivity contribution is 7.99. The Labute approximate surface area is 188 Å². The number of rotatable bonds is 6. The zero-order chi connectivity index (χ0) is 22.5. The molecule has 0 atom stereocenters. The van der Waals surface area contributed by atoms with Crippen LogP contribution in [0, 0.1) is 5.82 Å². The molecule has 3 aromatic rings. The molecular weight excluding hydrogens is 433 g/mol. The van der Waals surface area contributed by atoms with Gasteiger partial charge in [0.15, 0.2) is 0 Å². The van der Waals surface area contributed by atoms with Gasteiger partial charge < -0.3 is 19.5 Å². The number of hydrogen-bond acceptors (Lipinski definition) is 7. The molecule has 0 unspecified atom stereocenters. The average molecular weight is 456 g/mol. The van der Waals surface area contributed by atoms with Crippen LogP contribution in [0.4, 0.5) is 15.8 Å². The molecule has 1 aromatic heterocycles. The van der Waals surface area contributed by atoms with Crippen LogP contribution < -0.4 is 10.2 Å². The molecule has 1 saturated heterocycles. The van der Waals surface area contributed by atoms with E-state index < -0.39 is 5.82 Å². The summed E-state index contributed by atoms with van der Waals surface area (Å²) >= 11 is 1.08. The molecule has 0 radical (unpaired) electrons. The van der Waals surface area contributed by atoms with Gasteiger partial charge in [-0.05, 0) is 36.4 Å². The number of benzene rings is 2. The summed E-state index contributed by atoms with van der Waals surface area (Å²) in [7, 11) is 0. The maximum Gasteiger partial charge on any atom is 0.277 e. The smallest absolute Gasteiger partial charge is 0.277 e. The van der Waals surface area contributed by atoms with Gasteiger partial charge in [-0.25, -0.2) is 4.39 Å². The lowest BCUT2D eigenvalue weighted by Crippen LogP contribution is -2.48. The third kappa shape index (κ3) is 5.25. The number of nitrogens with zero attached hydrogens (tertiary/aromatic N) is 4. The summed E-state index contributed by atoms with van der Waals surface area (Å²) in [6.45, 7) is 4.56. The quantitative estimate of drug-likeness (QED) is 0.571. The summed E-state index contributed by atoms with van der Waals surface area (Å²) in [5.41, 5.74) is 1.95. The maximum absolute atomic E-state index is 13.8. The molecule has 1 N–H and O–H groups in total. The Morgan fingerprint density at radius 2 is 1.78 bits per heavy atom. The average Bonchev–Trinajstić information content (AvgIpc) is 3.27. The topological polar surface area (TPSA) is 91.6 Å². The van der Waals surface area contributed by atoms with Crippen LogP contribution in [0.1, 0.15) is 6.92 Å². The Kier molecular flexibility index (Phi) is 6.69. The molecule has 2 heterocycles. The molecule has 32 heavy (non-hydrogen) atoms. The zero-order valence-electron chi connectivity index (χ0n) is 17.5. The van der Waals surface area contributed by atoms with Crippen molar-refractivity contribution in [2.45, 2.75) is 12.1 Å². The summed E-state index contributed by atoms with van der Waals surface area (Å²) in [6, 6.07) is 13.7. The lowest BCUT2D eigenvalue weighted by molar-refractivity contribution is -0.129. The standard InChI is InChI=1S/C22H22FN5O3S/c1-15(29)27-10-12-28(13-11-27)17-8-6-16(7-9-17)24-20(30)14-32-22-26-25-21(31-22)18-4-2-3-5-19(18)23/h2-9H,10-14H2,1H3,(H,24,30). The second-order valence-electron chi connectivity index (χ2n) is 7.23. The number of nitrogens with one attached hydrogen (secondary N) is 1. The number of aromatic nitrogens is 2. The minimum absolute atomic E-state index is 0.0748. The number of amides is 2. The van der Waals surface area contributed by atoms with Gasteiger partial charge in [-0.1, -0.05) is 23.9 Å². The van der Waals surface area contributed by atoms with E-state index in [1.807, 2.05) is 29.2 Å². The molecule has 0 bridgehead atoms. The van der Waals surface area contributed by atoms with Crippen LogP contribution >= 0.6 is 11.8 Å². The van der Waals surface area contributed by atoms with Crippen molar-refractivity contribution in [3.05, 3.63) is 54.3 Å². The highest BCUT2D eigenvalue weighted by Crippen LogP contribution is 2.25. The second kappa shape index (κ2) is 9.82. The van der Waals surface area contributed by atoms with Crippen molar-refractivity contribution in [2.75, 3.05) is 42.1 Å². The SMILES string of the molecule is CC(=O)N1CCN(c2ccc(NC(=O)CSc3nnc(-c4ccccc4F)o3)cc2)CC1. The third-order valence-electron chi connectivity index (χ3n) is 5.08. The Morgan fingerprint density at radius 1 is 1.06 bits per heavy atom. The Balaban J connectivity index is 1.27. The van der Waals surface area contributed by atoms with E-state index >= 15 is 0 Å². The van der Waals surface area contributed by atoms with E-state index in [2.05, 4.69) is 20.4 Å². The lowest BCUT2D eigenvalue weighted by atomic mass is 10.2. The second-order valence-corrected chi connectivity index (χ2v) is 8.16. The van der Waals surface area contributed by atoms with E-state index in [4.69, 9.17) is 4.42 Å². The molecule has 0 aliphatic carbocycles. The number of piperazine rings is 1. The first kappa shape index (κ1) is 21.8. The number of hydrogen-bond donors (Lipinski definition) is 1. The van der Waals surface area contributed by atoms with Gasteiger partial charge in [0.05, 0.1) is 11.3 Å². The fourth-order valence-corrected chi connectivity index (χ4v) is 3.93. The predicted molar refractivity (Wildman–Crippen MR) is 120 cm³/mol. The lowest BCUT2D eigenvalue weighted by Gasteiger charge is -2.35. The number of thioether (sulfide) groups is 1.